The molecule has 21 heavy (non-hydrogen) atoms. The van der Waals surface area contributed by atoms with E-state index in [1.165, 1.54) is 58.0 Å². The minimum atomic E-state index is 0. The predicted molar refractivity (Wildman–Crippen MR) is 104 cm³/mol. The van der Waals surface area contributed by atoms with Crippen molar-refractivity contribution in [1.29, 1.82) is 0 Å². The SMILES string of the molecule is CCCCCCNC(=NC)NCC(CC)N1CCCC1.I. The Hall–Kier alpha value is -0.0400. The summed E-state index contributed by atoms with van der Waals surface area (Å²) in [6, 6.07) is 0.649. The molecule has 1 aliphatic heterocycles. The van der Waals surface area contributed by atoms with Crippen LogP contribution in [-0.4, -0.2) is 50.1 Å². The second kappa shape index (κ2) is 13.6. The normalized spacial score (nSPS) is 17.4. The van der Waals surface area contributed by atoms with Gasteiger partial charge in [-0.25, -0.2) is 0 Å². The Kier molecular flexibility index (Phi) is 13.6. The van der Waals surface area contributed by atoms with E-state index in [4.69, 9.17) is 0 Å². The molecule has 0 bridgehead atoms. The third-order valence-corrected chi connectivity index (χ3v) is 4.18. The smallest absolute Gasteiger partial charge is 0.191 e. The lowest BCUT2D eigenvalue weighted by atomic mass is 10.2. The number of hydrogen-bond donors (Lipinski definition) is 2. The van der Waals surface area contributed by atoms with Crippen molar-refractivity contribution >= 4 is 29.9 Å². The number of nitrogens with one attached hydrogen (secondary N) is 2. The van der Waals surface area contributed by atoms with Crippen LogP contribution in [0.1, 0.15) is 58.8 Å². The summed E-state index contributed by atoms with van der Waals surface area (Å²) < 4.78 is 0. The van der Waals surface area contributed by atoms with Crippen molar-refractivity contribution in [2.45, 2.75) is 64.8 Å². The molecule has 126 valence electrons. The first-order valence-electron chi connectivity index (χ1n) is 8.50. The number of likely N-dealkylation sites (tertiary alicyclic amines) is 1. The quantitative estimate of drug-likeness (QED) is 0.265. The third-order valence-electron chi connectivity index (χ3n) is 4.18. The largest absolute Gasteiger partial charge is 0.356 e. The van der Waals surface area contributed by atoms with Gasteiger partial charge in [0.25, 0.3) is 0 Å². The highest BCUT2D eigenvalue weighted by Crippen LogP contribution is 2.13. The molecule has 4 nitrogen and oxygen atoms in total. The summed E-state index contributed by atoms with van der Waals surface area (Å²) in [7, 11) is 1.86. The van der Waals surface area contributed by atoms with Gasteiger partial charge in [0.1, 0.15) is 0 Å². The fraction of sp³-hybridized carbons (Fsp3) is 0.938. The van der Waals surface area contributed by atoms with Crippen molar-refractivity contribution in [1.82, 2.24) is 15.5 Å². The van der Waals surface area contributed by atoms with Crippen LogP contribution >= 0.6 is 24.0 Å². The molecule has 2 N–H and O–H groups in total. The van der Waals surface area contributed by atoms with Crippen molar-refractivity contribution < 1.29 is 0 Å². The molecule has 1 fully saturated rings. The van der Waals surface area contributed by atoms with E-state index in [1.54, 1.807) is 0 Å². The standard InChI is InChI=1S/C16H34N4.HI/c1-4-6-7-8-11-18-16(17-3)19-14-15(5-2)20-12-9-10-13-20;/h15H,4-14H2,1-3H3,(H2,17,18,19);1H. The molecule has 0 aromatic carbocycles. The van der Waals surface area contributed by atoms with Crippen LogP contribution in [0.2, 0.25) is 0 Å². The molecular formula is C16H35IN4. The van der Waals surface area contributed by atoms with Gasteiger partial charge in [0.2, 0.25) is 0 Å². The number of unbranched alkanes of at least 4 members (excludes halogenated alkanes) is 3. The maximum Gasteiger partial charge on any atom is 0.191 e. The summed E-state index contributed by atoms with van der Waals surface area (Å²) in [5.74, 6) is 0.958. The Bertz CT molecular complexity index is 265. The van der Waals surface area contributed by atoms with Crippen LogP contribution in [0.15, 0.2) is 4.99 Å². The second-order valence-electron chi connectivity index (χ2n) is 5.75. The van der Waals surface area contributed by atoms with Crippen molar-refractivity contribution in [3.05, 3.63) is 0 Å². The van der Waals surface area contributed by atoms with Crippen LogP contribution < -0.4 is 10.6 Å². The molecule has 1 rings (SSSR count). The number of rotatable bonds is 9. The molecule has 5 heteroatoms. The zero-order chi connectivity index (χ0) is 14.6. The van der Waals surface area contributed by atoms with Crippen LogP contribution in [0.3, 0.4) is 0 Å². The lowest BCUT2D eigenvalue weighted by molar-refractivity contribution is 0.236. The number of halogens is 1. The lowest BCUT2D eigenvalue weighted by Gasteiger charge is -2.27. The molecule has 0 aliphatic carbocycles. The predicted octanol–water partition coefficient (Wildman–Crippen LogP) is 3.22. The molecule has 1 heterocycles. The average molecular weight is 410 g/mol. The van der Waals surface area contributed by atoms with Crippen LogP contribution in [0.4, 0.5) is 0 Å². The van der Waals surface area contributed by atoms with Gasteiger partial charge in [0.05, 0.1) is 0 Å². The maximum atomic E-state index is 4.31. The third kappa shape index (κ3) is 8.86. The molecular weight excluding hydrogens is 375 g/mol. The van der Waals surface area contributed by atoms with E-state index in [0.29, 0.717) is 6.04 Å². The molecule has 0 spiro atoms. The zero-order valence-corrected chi connectivity index (χ0v) is 16.5. The Morgan fingerprint density at radius 3 is 2.38 bits per heavy atom. The molecule has 1 saturated heterocycles. The first-order chi connectivity index (χ1) is 9.81. The van der Waals surface area contributed by atoms with Gasteiger partial charge in [-0.3, -0.25) is 9.89 Å². The second-order valence-corrected chi connectivity index (χ2v) is 5.75. The van der Waals surface area contributed by atoms with Crippen molar-refractivity contribution in [3.63, 3.8) is 0 Å². The number of guanidine groups is 1. The van der Waals surface area contributed by atoms with Crippen LogP contribution in [0.25, 0.3) is 0 Å². The van der Waals surface area contributed by atoms with Crippen molar-refractivity contribution in [3.8, 4) is 0 Å². The maximum absolute atomic E-state index is 4.31. The molecule has 0 aromatic heterocycles. The lowest BCUT2D eigenvalue weighted by Crippen LogP contribution is -2.46. The average Bonchev–Trinajstić information content (AvgIpc) is 2.99. The summed E-state index contributed by atoms with van der Waals surface area (Å²) >= 11 is 0. The summed E-state index contributed by atoms with van der Waals surface area (Å²) in [6.07, 6.45) is 9.10. The van der Waals surface area contributed by atoms with E-state index in [9.17, 15) is 0 Å². The summed E-state index contributed by atoms with van der Waals surface area (Å²) in [5.41, 5.74) is 0. The molecule has 0 aromatic rings. The number of hydrogen-bond acceptors (Lipinski definition) is 2. The first-order valence-corrected chi connectivity index (χ1v) is 8.50. The highest BCUT2D eigenvalue weighted by molar-refractivity contribution is 14.0. The zero-order valence-electron chi connectivity index (χ0n) is 14.2. The van der Waals surface area contributed by atoms with Gasteiger partial charge >= 0.3 is 0 Å². The van der Waals surface area contributed by atoms with Gasteiger partial charge in [0, 0.05) is 26.2 Å². The Morgan fingerprint density at radius 2 is 1.81 bits per heavy atom. The topological polar surface area (TPSA) is 39.7 Å². The summed E-state index contributed by atoms with van der Waals surface area (Å²) in [4.78, 5) is 6.93. The molecule has 1 aliphatic rings. The summed E-state index contributed by atoms with van der Waals surface area (Å²) in [5, 5.41) is 6.90. The van der Waals surface area contributed by atoms with Gasteiger partial charge in [-0.1, -0.05) is 33.1 Å². The van der Waals surface area contributed by atoms with Crippen LogP contribution in [0.5, 0.6) is 0 Å². The Morgan fingerprint density at radius 1 is 1.10 bits per heavy atom. The first kappa shape index (κ1) is 21.0. The minimum Gasteiger partial charge on any atom is -0.356 e. The van der Waals surface area contributed by atoms with Crippen LogP contribution in [-0.2, 0) is 0 Å². The van der Waals surface area contributed by atoms with Crippen LogP contribution in [0, 0.1) is 0 Å². The van der Waals surface area contributed by atoms with E-state index in [-0.39, 0.29) is 24.0 Å². The highest BCUT2D eigenvalue weighted by Gasteiger charge is 2.20. The molecule has 1 unspecified atom stereocenters. The van der Waals surface area contributed by atoms with Crippen molar-refractivity contribution in [2.75, 3.05) is 33.2 Å². The van der Waals surface area contributed by atoms with Gasteiger partial charge in [-0.05, 0) is 38.8 Å². The minimum absolute atomic E-state index is 0. The molecule has 0 saturated carbocycles. The van der Waals surface area contributed by atoms with E-state index < -0.39 is 0 Å². The Balaban J connectivity index is 0.00000400. The van der Waals surface area contributed by atoms with Gasteiger partial charge in [-0.2, -0.15) is 0 Å². The number of aliphatic imine (C=N–C) groups is 1. The van der Waals surface area contributed by atoms with Crippen molar-refractivity contribution in [2.24, 2.45) is 4.99 Å². The molecule has 1 atom stereocenters. The van der Waals surface area contributed by atoms with E-state index >= 15 is 0 Å². The fourth-order valence-electron chi connectivity index (χ4n) is 2.83. The van der Waals surface area contributed by atoms with E-state index in [1.807, 2.05) is 7.05 Å². The van der Waals surface area contributed by atoms with Gasteiger partial charge in [0.15, 0.2) is 5.96 Å². The molecule has 0 amide bonds. The summed E-state index contributed by atoms with van der Waals surface area (Å²) in [6.45, 7) is 9.10. The Labute approximate surface area is 148 Å². The van der Waals surface area contributed by atoms with Gasteiger partial charge < -0.3 is 10.6 Å². The monoisotopic (exact) mass is 410 g/mol. The fourth-order valence-corrected chi connectivity index (χ4v) is 2.83. The number of nitrogens with zero attached hydrogens (tertiary/aromatic N) is 2. The van der Waals surface area contributed by atoms with Gasteiger partial charge in [-0.15, -0.1) is 24.0 Å². The van der Waals surface area contributed by atoms with E-state index in [0.717, 1.165) is 19.0 Å². The molecule has 0 radical (unpaired) electrons. The van der Waals surface area contributed by atoms with E-state index in [2.05, 4.69) is 34.4 Å². The highest BCUT2D eigenvalue weighted by atomic mass is 127.